The first kappa shape index (κ1) is 20.2. The standard InChI is InChI=1S/C20H24N2O5S/c1-26-17-7-5-16(6-8-17)21-20(23)15-27-18-9-11-19(12-10-18)28(24,25)22-13-3-2-4-14-22/h5-12H,2-4,13-15H2,1H3,(H,21,23). The molecule has 28 heavy (non-hydrogen) atoms. The van der Waals surface area contributed by atoms with Crippen molar-refractivity contribution in [3.05, 3.63) is 48.5 Å². The Hall–Kier alpha value is -2.58. The third-order valence-electron chi connectivity index (χ3n) is 4.52. The Kier molecular flexibility index (Phi) is 6.53. The predicted molar refractivity (Wildman–Crippen MR) is 106 cm³/mol. The van der Waals surface area contributed by atoms with E-state index in [1.54, 1.807) is 43.5 Å². The molecule has 1 amide bonds. The number of benzene rings is 2. The van der Waals surface area contributed by atoms with Gasteiger partial charge in [0.05, 0.1) is 12.0 Å². The normalized spacial score (nSPS) is 15.0. The van der Waals surface area contributed by atoms with Gasteiger partial charge in [-0.3, -0.25) is 4.79 Å². The van der Waals surface area contributed by atoms with Crippen LogP contribution in [0.25, 0.3) is 0 Å². The molecule has 1 aliphatic heterocycles. The van der Waals surface area contributed by atoms with Gasteiger partial charge < -0.3 is 14.8 Å². The summed E-state index contributed by atoms with van der Waals surface area (Å²) < 4.78 is 37.3. The van der Waals surface area contributed by atoms with Gasteiger partial charge in [0.2, 0.25) is 10.0 Å². The van der Waals surface area contributed by atoms with Crippen LogP contribution in [0.15, 0.2) is 53.4 Å². The van der Waals surface area contributed by atoms with Crippen LogP contribution in [0, 0.1) is 0 Å². The highest BCUT2D eigenvalue weighted by atomic mass is 32.2. The van der Waals surface area contributed by atoms with Gasteiger partial charge in [-0.2, -0.15) is 4.31 Å². The summed E-state index contributed by atoms with van der Waals surface area (Å²) in [5, 5.41) is 2.72. The molecular formula is C20H24N2O5S. The molecule has 2 aromatic carbocycles. The van der Waals surface area contributed by atoms with E-state index in [9.17, 15) is 13.2 Å². The molecule has 0 aromatic heterocycles. The van der Waals surface area contributed by atoms with E-state index in [1.807, 2.05) is 0 Å². The van der Waals surface area contributed by atoms with Crippen molar-refractivity contribution in [3.8, 4) is 11.5 Å². The van der Waals surface area contributed by atoms with Crippen molar-refractivity contribution >= 4 is 21.6 Å². The molecule has 1 heterocycles. The summed E-state index contributed by atoms with van der Waals surface area (Å²) in [4.78, 5) is 12.2. The molecule has 0 aliphatic carbocycles. The SMILES string of the molecule is COc1ccc(NC(=O)COc2ccc(S(=O)(=O)N3CCCCC3)cc2)cc1. The molecule has 0 unspecified atom stereocenters. The summed E-state index contributed by atoms with van der Waals surface area (Å²) in [6, 6.07) is 13.1. The smallest absolute Gasteiger partial charge is 0.262 e. The number of nitrogens with one attached hydrogen (secondary N) is 1. The van der Waals surface area contributed by atoms with Gasteiger partial charge in [-0.15, -0.1) is 0 Å². The van der Waals surface area contributed by atoms with Crippen LogP contribution in [0.5, 0.6) is 11.5 Å². The molecule has 1 aliphatic rings. The molecule has 2 aromatic rings. The van der Waals surface area contributed by atoms with E-state index >= 15 is 0 Å². The first-order valence-electron chi connectivity index (χ1n) is 9.16. The monoisotopic (exact) mass is 404 g/mol. The van der Waals surface area contributed by atoms with E-state index < -0.39 is 10.0 Å². The lowest BCUT2D eigenvalue weighted by Crippen LogP contribution is -2.35. The highest BCUT2D eigenvalue weighted by Crippen LogP contribution is 2.22. The molecule has 0 saturated carbocycles. The molecule has 1 fully saturated rings. The minimum atomic E-state index is -3.47. The highest BCUT2D eigenvalue weighted by molar-refractivity contribution is 7.89. The third kappa shape index (κ3) is 5.02. The maximum atomic E-state index is 12.6. The first-order chi connectivity index (χ1) is 13.5. The molecule has 1 N–H and O–H groups in total. The zero-order valence-corrected chi connectivity index (χ0v) is 16.6. The van der Waals surface area contributed by atoms with Gasteiger partial charge in [0.1, 0.15) is 11.5 Å². The molecule has 0 radical (unpaired) electrons. The number of hydrogen-bond donors (Lipinski definition) is 1. The average Bonchev–Trinajstić information content (AvgIpc) is 2.74. The summed E-state index contributed by atoms with van der Waals surface area (Å²) in [7, 11) is -1.89. The lowest BCUT2D eigenvalue weighted by molar-refractivity contribution is -0.118. The molecular weight excluding hydrogens is 380 g/mol. The van der Waals surface area contributed by atoms with Crippen molar-refractivity contribution < 1.29 is 22.7 Å². The molecule has 8 heteroatoms. The summed E-state index contributed by atoms with van der Waals surface area (Å²) in [5.74, 6) is 0.825. The van der Waals surface area contributed by atoms with Crippen LogP contribution in [0.3, 0.4) is 0 Å². The van der Waals surface area contributed by atoms with Gasteiger partial charge in [-0.25, -0.2) is 8.42 Å². The molecule has 0 atom stereocenters. The molecule has 3 rings (SSSR count). The molecule has 7 nitrogen and oxygen atoms in total. The van der Waals surface area contributed by atoms with Crippen LogP contribution in [-0.2, 0) is 14.8 Å². The van der Waals surface area contributed by atoms with Crippen LogP contribution in [-0.4, -0.2) is 45.4 Å². The molecule has 0 spiro atoms. The maximum absolute atomic E-state index is 12.6. The van der Waals surface area contributed by atoms with Gasteiger partial charge in [0.15, 0.2) is 6.61 Å². The van der Waals surface area contributed by atoms with Crippen molar-refractivity contribution in [2.24, 2.45) is 0 Å². The summed E-state index contributed by atoms with van der Waals surface area (Å²) >= 11 is 0. The van der Waals surface area contributed by atoms with Gasteiger partial charge in [0.25, 0.3) is 5.91 Å². The summed E-state index contributed by atoms with van der Waals surface area (Å²) in [5.41, 5.74) is 0.636. The van der Waals surface area contributed by atoms with Crippen LogP contribution in [0.4, 0.5) is 5.69 Å². The summed E-state index contributed by atoms with van der Waals surface area (Å²) in [6.07, 6.45) is 2.85. The van der Waals surface area contributed by atoms with Gasteiger partial charge in [0, 0.05) is 18.8 Å². The van der Waals surface area contributed by atoms with E-state index in [0.717, 1.165) is 19.3 Å². The number of amides is 1. The number of anilines is 1. The van der Waals surface area contributed by atoms with Crippen LogP contribution >= 0.6 is 0 Å². The maximum Gasteiger partial charge on any atom is 0.262 e. The van der Waals surface area contributed by atoms with Gasteiger partial charge >= 0.3 is 0 Å². The highest BCUT2D eigenvalue weighted by Gasteiger charge is 2.25. The zero-order valence-electron chi connectivity index (χ0n) is 15.8. The van der Waals surface area contributed by atoms with Gasteiger partial charge in [-0.05, 0) is 61.4 Å². The van der Waals surface area contributed by atoms with E-state index in [0.29, 0.717) is 30.3 Å². The Balaban J connectivity index is 1.54. The fraction of sp³-hybridized carbons (Fsp3) is 0.350. The molecule has 1 saturated heterocycles. The zero-order chi connectivity index (χ0) is 20.0. The quantitative estimate of drug-likeness (QED) is 0.767. The second kappa shape index (κ2) is 9.07. The predicted octanol–water partition coefficient (Wildman–Crippen LogP) is 2.89. The minimum Gasteiger partial charge on any atom is -0.497 e. The van der Waals surface area contributed by atoms with Crippen molar-refractivity contribution in [2.75, 3.05) is 32.1 Å². The molecule has 0 bridgehead atoms. The lowest BCUT2D eigenvalue weighted by atomic mass is 10.2. The second-order valence-electron chi connectivity index (χ2n) is 6.50. The van der Waals surface area contributed by atoms with Crippen molar-refractivity contribution in [3.63, 3.8) is 0 Å². The van der Waals surface area contributed by atoms with E-state index in [4.69, 9.17) is 9.47 Å². The van der Waals surface area contributed by atoms with E-state index in [1.165, 1.54) is 16.4 Å². The van der Waals surface area contributed by atoms with Crippen LogP contribution in [0.2, 0.25) is 0 Å². The number of hydrogen-bond acceptors (Lipinski definition) is 5. The Bertz CT molecular complexity index is 889. The topological polar surface area (TPSA) is 84.9 Å². The fourth-order valence-corrected chi connectivity index (χ4v) is 4.50. The third-order valence-corrected chi connectivity index (χ3v) is 6.43. The van der Waals surface area contributed by atoms with E-state index in [2.05, 4.69) is 5.32 Å². The number of carbonyl (C=O) groups excluding carboxylic acids is 1. The van der Waals surface area contributed by atoms with E-state index in [-0.39, 0.29) is 17.4 Å². The Morgan fingerprint density at radius 3 is 2.18 bits per heavy atom. The first-order valence-corrected chi connectivity index (χ1v) is 10.6. The summed E-state index contributed by atoms with van der Waals surface area (Å²) in [6.45, 7) is 0.947. The Labute approximate surface area is 165 Å². The van der Waals surface area contributed by atoms with Crippen molar-refractivity contribution in [1.29, 1.82) is 0 Å². The number of nitrogens with zero attached hydrogens (tertiary/aromatic N) is 1. The Morgan fingerprint density at radius 1 is 0.964 bits per heavy atom. The second-order valence-corrected chi connectivity index (χ2v) is 8.44. The van der Waals surface area contributed by atoms with Crippen LogP contribution in [0.1, 0.15) is 19.3 Å². The molecule has 150 valence electrons. The lowest BCUT2D eigenvalue weighted by Gasteiger charge is -2.25. The number of piperidine rings is 1. The van der Waals surface area contributed by atoms with Crippen molar-refractivity contribution in [2.45, 2.75) is 24.2 Å². The fourth-order valence-electron chi connectivity index (χ4n) is 2.98. The average molecular weight is 404 g/mol. The number of rotatable bonds is 7. The largest absolute Gasteiger partial charge is 0.497 e. The number of carbonyl (C=O) groups is 1. The minimum absolute atomic E-state index is 0.176. The van der Waals surface area contributed by atoms with Crippen LogP contribution < -0.4 is 14.8 Å². The Morgan fingerprint density at radius 2 is 1.57 bits per heavy atom. The van der Waals surface area contributed by atoms with Gasteiger partial charge in [-0.1, -0.05) is 6.42 Å². The number of methoxy groups -OCH3 is 1. The number of sulfonamides is 1. The van der Waals surface area contributed by atoms with Crippen molar-refractivity contribution in [1.82, 2.24) is 4.31 Å². The number of ether oxygens (including phenoxy) is 2.